The van der Waals surface area contributed by atoms with Crippen molar-refractivity contribution in [3.63, 3.8) is 0 Å². The summed E-state index contributed by atoms with van der Waals surface area (Å²) in [6, 6.07) is 0.258. The van der Waals surface area contributed by atoms with Crippen molar-refractivity contribution in [3.05, 3.63) is 0 Å². The van der Waals surface area contributed by atoms with Crippen LogP contribution < -0.4 is 10.0 Å². The Morgan fingerprint density at radius 3 is 2.53 bits per heavy atom. The van der Waals surface area contributed by atoms with E-state index in [-0.39, 0.29) is 6.04 Å². The van der Waals surface area contributed by atoms with Gasteiger partial charge in [-0.25, -0.2) is 4.72 Å². The van der Waals surface area contributed by atoms with Gasteiger partial charge in [0.25, 0.3) is 10.2 Å². The van der Waals surface area contributed by atoms with Gasteiger partial charge >= 0.3 is 0 Å². The van der Waals surface area contributed by atoms with Gasteiger partial charge in [0.1, 0.15) is 0 Å². The minimum absolute atomic E-state index is 0.258. The molecule has 0 radical (unpaired) electrons. The van der Waals surface area contributed by atoms with Crippen LogP contribution in [0.2, 0.25) is 0 Å². The predicted molar refractivity (Wildman–Crippen MR) is 70.0 cm³/mol. The average molecular weight is 263 g/mol. The van der Waals surface area contributed by atoms with E-state index >= 15 is 0 Å². The molecule has 0 amide bonds. The smallest absolute Gasteiger partial charge is 0.279 e. The minimum atomic E-state index is -3.30. The molecule has 2 N–H and O–H groups in total. The van der Waals surface area contributed by atoms with Crippen LogP contribution in [0, 0.1) is 5.92 Å². The van der Waals surface area contributed by atoms with E-state index in [1.165, 1.54) is 17.1 Å². The lowest BCUT2D eigenvalue weighted by atomic mass is 9.93. The number of hydrogen-bond acceptors (Lipinski definition) is 3. The molecule has 0 aliphatic carbocycles. The highest BCUT2D eigenvalue weighted by atomic mass is 32.2. The molecular weight excluding hydrogens is 238 g/mol. The Balaban J connectivity index is 2.48. The van der Waals surface area contributed by atoms with Crippen LogP contribution in [0.15, 0.2) is 0 Å². The van der Waals surface area contributed by atoms with Crippen molar-refractivity contribution in [2.24, 2.45) is 5.92 Å². The zero-order valence-electron chi connectivity index (χ0n) is 11.1. The molecule has 102 valence electrons. The first kappa shape index (κ1) is 14.9. The molecule has 6 heteroatoms. The summed E-state index contributed by atoms with van der Waals surface area (Å²) in [6.07, 6.45) is 2.35. The SMILES string of the molecule is CCN(CC)S(=O)(=O)NCC1NCCCC1C. The third kappa shape index (κ3) is 4.21. The van der Waals surface area contributed by atoms with E-state index in [4.69, 9.17) is 0 Å². The van der Waals surface area contributed by atoms with Crippen LogP contribution in [-0.2, 0) is 10.2 Å². The van der Waals surface area contributed by atoms with E-state index < -0.39 is 10.2 Å². The quantitative estimate of drug-likeness (QED) is 0.736. The van der Waals surface area contributed by atoms with Crippen LogP contribution in [0.5, 0.6) is 0 Å². The van der Waals surface area contributed by atoms with Gasteiger partial charge in [-0.05, 0) is 25.3 Å². The first-order chi connectivity index (χ1) is 8.01. The first-order valence-electron chi connectivity index (χ1n) is 6.49. The van der Waals surface area contributed by atoms with Gasteiger partial charge < -0.3 is 5.32 Å². The number of rotatable bonds is 6. The summed E-state index contributed by atoms with van der Waals surface area (Å²) in [6.45, 7) is 8.37. The Hall–Kier alpha value is -0.170. The predicted octanol–water partition coefficient (Wildman–Crippen LogP) is 0.551. The van der Waals surface area contributed by atoms with Crippen molar-refractivity contribution in [2.45, 2.75) is 39.7 Å². The zero-order chi connectivity index (χ0) is 12.9. The molecule has 1 heterocycles. The average Bonchev–Trinajstić information content (AvgIpc) is 2.29. The topological polar surface area (TPSA) is 61.4 Å². The normalized spacial score (nSPS) is 26.4. The lowest BCUT2D eigenvalue weighted by molar-refractivity contribution is 0.298. The maximum atomic E-state index is 11.9. The molecule has 1 saturated heterocycles. The van der Waals surface area contributed by atoms with Crippen LogP contribution in [0.4, 0.5) is 0 Å². The van der Waals surface area contributed by atoms with Gasteiger partial charge in [0.15, 0.2) is 0 Å². The number of nitrogens with zero attached hydrogens (tertiary/aromatic N) is 1. The Kier molecular flexibility index (Phi) is 5.85. The molecule has 0 bridgehead atoms. The van der Waals surface area contributed by atoms with E-state index in [0.29, 0.717) is 25.6 Å². The monoisotopic (exact) mass is 263 g/mol. The van der Waals surface area contributed by atoms with Crippen molar-refractivity contribution in [3.8, 4) is 0 Å². The molecule has 0 aromatic rings. The Morgan fingerprint density at radius 2 is 2.00 bits per heavy atom. The van der Waals surface area contributed by atoms with Crippen LogP contribution in [0.25, 0.3) is 0 Å². The van der Waals surface area contributed by atoms with Crippen LogP contribution in [-0.4, -0.2) is 44.9 Å². The van der Waals surface area contributed by atoms with Gasteiger partial charge in [-0.3, -0.25) is 0 Å². The van der Waals surface area contributed by atoms with E-state index in [0.717, 1.165) is 6.54 Å². The standard InChI is InChI=1S/C11H25N3O2S/c1-4-14(5-2)17(15,16)13-9-11-10(3)7-6-8-12-11/h10-13H,4-9H2,1-3H3. The Morgan fingerprint density at radius 1 is 1.35 bits per heavy atom. The summed E-state index contributed by atoms with van der Waals surface area (Å²) < 4.78 is 28.0. The third-order valence-corrected chi connectivity index (χ3v) is 5.19. The summed E-state index contributed by atoms with van der Waals surface area (Å²) in [7, 11) is -3.30. The van der Waals surface area contributed by atoms with Crippen molar-refractivity contribution in [2.75, 3.05) is 26.2 Å². The van der Waals surface area contributed by atoms with Crippen molar-refractivity contribution in [1.29, 1.82) is 0 Å². The fourth-order valence-electron chi connectivity index (χ4n) is 2.24. The first-order valence-corrected chi connectivity index (χ1v) is 7.93. The van der Waals surface area contributed by atoms with Crippen molar-refractivity contribution < 1.29 is 8.42 Å². The number of nitrogens with one attached hydrogen (secondary N) is 2. The largest absolute Gasteiger partial charge is 0.312 e. The maximum absolute atomic E-state index is 11.9. The summed E-state index contributed by atoms with van der Waals surface area (Å²) in [5.41, 5.74) is 0. The molecular formula is C11H25N3O2S. The molecule has 5 nitrogen and oxygen atoms in total. The lowest BCUT2D eigenvalue weighted by Crippen LogP contribution is -2.50. The Bertz CT molecular complexity index is 315. The molecule has 1 aliphatic heterocycles. The third-order valence-electron chi connectivity index (χ3n) is 3.46. The molecule has 2 unspecified atom stereocenters. The van der Waals surface area contributed by atoms with E-state index in [1.54, 1.807) is 0 Å². The molecule has 1 fully saturated rings. The molecule has 0 saturated carbocycles. The summed E-state index contributed by atoms with van der Waals surface area (Å²) in [4.78, 5) is 0. The molecule has 0 aromatic carbocycles. The zero-order valence-corrected chi connectivity index (χ0v) is 11.9. The minimum Gasteiger partial charge on any atom is -0.312 e. The van der Waals surface area contributed by atoms with Gasteiger partial charge in [0, 0.05) is 25.7 Å². The second-order valence-electron chi connectivity index (χ2n) is 4.62. The lowest BCUT2D eigenvalue weighted by Gasteiger charge is -2.31. The highest BCUT2D eigenvalue weighted by Crippen LogP contribution is 2.15. The molecule has 17 heavy (non-hydrogen) atoms. The molecule has 2 atom stereocenters. The molecule has 1 aliphatic rings. The van der Waals surface area contributed by atoms with Crippen LogP contribution in [0.1, 0.15) is 33.6 Å². The molecule has 0 aromatic heterocycles. The summed E-state index contributed by atoms with van der Waals surface area (Å²) >= 11 is 0. The summed E-state index contributed by atoms with van der Waals surface area (Å²) in [5, 5.41) is 3.37. The maximum Gasteiger partial charge on any atom is 0.279 e. The van der Waals surface area contributed by atoms with Gasteiger partial charge in [-0.1, -0.05) is 20.8 Å². The molecule has 1 rings (SSSR count). The summed E-state index contributed by atoms with van der Waals surface area (Å²) in [5.74, 6) is 0.531. The van der Waals surface area contributed by atoms with Crippen molar-refractivity contribution >= 4 is 10.2 Å². The molecule has 0 spiro atoms. The van der Waals surface area contributed by atoms with Gasteiger partial charge in [0.05, 0.1) is 0 Å². The second-order valence-corrected chi connectivity index (χ2v) is 6.37. The van der Waals surface area contributed by atoms with Gasteiger partial charge in [0.2, 0.25) is 0 Å². The van der Waals surface area contributed by atoms with Gasteiger partial charge in [-0.15, -0.1) is 0 Å². The highest BCUT2D eigenvalue weighted by molar-refractivity contribution is 7.87. The van der Waals surface area contributed by atoms with Crippen LogP contribution in [0.3, 0.4) is 0 Å². The van der Waals surface area contributed by atoms with E-state index in [2.05, 4.69) is 17.0 Å². The van der Waals surface area contributed by atoms with E-state index in [9.17, 15) is 8.42 Å². The van der Waals surface area contributed by atoms with Crippen molar-refractivity contribution in [1.82, 2.24) is 14.3 Å². The fraction of sp³-hybridized carbons (Fsp3) is 1.00. The Labute approximate surface area is 105 Å². The fourth-order valence-corrected chi connectivity index (χ4v) is 3.49. The second kappa shape index (κ2) is 6.68. The van der Waals surface area contributed by atoms with Crippen LogP contribution >= 0.6 is 0 Å². The number of piperidine rings is 1. The van der Waals surface area contributed by atoms with Gasteiger partial charge in [-0.2, -0.15) is 12.7 Å². The number of hydrogen-bond donors (Lipinski definition) is 2. The van der Waals surface area contributed by atoms with E-state index in [1.807, 2.05) is 13.8 Å². The highest BCUT2D eigenvalue weighted by Gasteiger charge is 2.24.